The van der Waals surface area contributed by atoms with E-state index < -0.39 is 0 Å². The van der Waals surface area contributed by atoms with Crippen molar-refractivity contribution in [3.05, 3.63) is 121 Å². The first kappa shape index (κ1) is 18.4. The van der Waals surface area contributed by atoms with Crippen LogP contribution < -0.4 is 0 Å². The van der Waals surface area contributed by atoms with Gasteiger partial charge in [0.05, 0.1) is 11.6 Å². The molecule has 0 bridgehead atoms. The molecule has 148 valence electrons. The monoisotopic (exact) mass is 405 g/mol. The fraction of sp³-hybridized carbons (Fsp3) is 0. The Morgan fingerprint density at radius 3 is 1.50 bits per heavy atom. The van der Waals surface area contributed by atoms with E-state index in [1.165, 1.54) is 49.2 Å². The maximum atomic E-state index is 9.56. The second kappa shape index (κ2) is 7.38. The van der Waals surface area contributed by atoms with Gasteiger partial charge in [0, 0.05) is 0 Å². The third kappa shape index (κ3) is 2.78. The summed E-state index contributed by atoms with van der Waals surface area (Å²) in [7, 11) is 0. The summed E-state index contributed by atoms with van der Waals surface area (Å²) in [5.74, 6) is 0. The minimum absolute atomic E-state index is 0.683. The van der Waals surface area contributed by atoms with E-state index in [1.54, 1.807) is 0 Å². The lowest BCUT2D eigenvalue weighted by Crippen LogP contribution is -1.91. The Bertz CT molecular complexity index is 1660. The van der Waals surface area contributed by atoms with E-state index in [9.17, 15) is 5.26 Å². The lowest BCUT2D eigenvalue weighted by Gasteiger charge is -2.18. The van der Waals surface area contributed by atoms with Crippen molar-refractivity contribution in [3.8, 4) is 28.3 Å². The molecule has 0 aliphatic carbocycles. The Morgan fingerprint density at radius 1 is 0.438 bits per heavy atom. The molecule has 32 heavy (non-hydrogen) atoms. The zero-order chi connectivity index (χ0) is 21.5. The number of nitriles is 1. The van der Waals surface area contributed by atoms with Crippen LogP contribution >= 0.6 is 0 Å². The largest absolute Gasteiger partial charge is 0.192 e. The fourth-order valence-corrected chi connectivity index (χ4v) is 4.87. The fourth-order valence-electron chi connectivity index (χ4n) is 4.87. The van der Waals surface area contributed by atoms with Gasteiger partial charge in [-0.2, -0.15) is 5.26 Å². The number of fused-ring (bicyclic) bond motifs is 6. The molecule has 0 fully saturated rings. The van der Waals surface area contributed by atoms with Crippen molar-refractivity contribution in [2.75, 3.05) is 0 Å². The standard InChI is InChI=1S/C31H19N/c32-20-21-15-16-28-29(19-21)26-13-7-8-14-27(26)30-24(22-9-3-1-4-10-22)17-18-25(31(28)30)23-11-5-2-6-12-23/h1-19H. The molecule has 0 spiro atoms. The van der Waals surface area contributed by atoms with E-state index in [0.717, 1.165) is 5.39 Å². The average Bonchev–Trinajstić information content (AvgIpc) is 2.88. The molecule has 0 N–H and O–H groups in total. The van der Waals surface area contributed by atoms with E-state index in [4.69, 9.17) is 0 Å². The maximum absolute atomic E-state index is 9.56. The number of nitrogens with zero attached hydrogens (tertiary/aromatic N) is 1. The molecule has 0 saturated carbocycles. The first-order valence-corrected chi connectivity index (χ1v) is 10.8. The summed E-state index contributed by atoms with van der Waals surface area (Å²) < 4.78 is 0. The summed E-state index contributed by atoms with van der Waals surface area (Å²) in [6.07, 6.45) is 0. The van der Waals surface area contributed by atoms with Crippen LogP contribution in [-0.2, 0) is 0 Å². The van der Waals surface area contributed by atoms with Gasteiger partial charge in [0.15, 0.2) is 0 Å². The number of hydrogen-bond donors (Lipinski definition) is 0. The van der Waals surface area contributed by atoms with Crippen LogP contribution in [-0.4, -0.2) is 0 Å². The highest BCUT2D eigenvalue weighted by Crippen LogP contribution is 2.44. The molecule has 6 aromatic rings. The summed E-state index contributed by atoms with van der Waals surface area (Å²) in [5.41, 5.74) is 5.51. The molecule has 0 aliphatic rings. The highest BCUT2D eigenvalue weighted by molar-refractivity contribution is 6.31. The molecule has 0 saturated heterocycles. The SMILES string of the molecule is N#Cc1ccc2c(c1)c1ccccc1c1c(-c3ccccc3)ccc(-c3ccccc3)c21. The Hall–Kier alpha value is -4.41. The van der Waals surface area contributed by atoms with Crippen molar-refractivity contribution in [2.45, 2.75) is 0 Å². The third-order valence-electron chi connectivity index (χ3n) is 6.28. The topological polar surface area (TPSA) is 23.8 Å². The summed E-state index contributed by atoms with van der Waals surface area (Å²) >= 11 is 0. The van der Waals surface area contributed by atoms with Crippen LogP contribution in [0.2, 0.25) is 0 Å². The molecule has 0 atom stereocenters. The van der Waals surface area contributed by atoms with Gasteiger partial charge in [-0.15, -0.1) is 0 Å². The Balaban J connectivity index is 1.91. The van der Waals surface area contributed by atoms with Crippen LogP contribution in [0.4, 0.5) is 0 Å². The summed E-state index contributed by atoms with van der Waals surface area (Å²) in [6.45, 7) is 0. The van der Waals surface area contributed by atoms with Gasteiger partial charge in [-0.3, -0.25) is 0 Å². The van der Waals surface area contributed by atoms with Crippen molar-refractivity contribution in [3.63, 3.8) is 0 Å². The van der Waals surface area contributed by atoms with E-state index >= 15 is 0 Å². The van der Waals surface area contributed by atoms with Gasteiger partial charge >= 0.3 is 0 Å². The average molecular weight is 406 g/mol. The molecule has 1 nitrogen and oxygen atoms in total. The predicted octanol–water partition coefficient (Wildman–Crippen LogP) is 8.35. The quantitative estimate of drug-likeness (QED) is 0.266. The Labute approximate surface area is 186 Å². The molecule has 0 amide bonds. The molecule has 0 aliphatic heterocycles. The van der Waals surface area contributed by atoms with Crippen LogP contribution in [0.3, 0.4) is 0 Å². The molecule has 0 aromatic heterocycles. The van der Waals surface area contributed by atoms with Gasteiger partial charge in [-0.05, 0) is 66.7 Å². The lowest BCUT2D eigenvalue weighted by atomic mass is 9.85. The summed E-state index contributed by atoms with van der Waals surface area (Å²) in [5, 5.41) is 16.7. The van der Waals surface area contributed by atoms with Gasteiger partial charge in [0.2, 0.25) is 0 Å². The zero-order valence-corrected chi connectivity index (χ0v) is 17.4. The van der Waals surface area contributed by atoms with Crippen molar-refractivity contribution in [2.24, 2.45) is 0 Å². The molecule has 0 radical (unpaired) electrons. The van der Waals surface area contributed by atoms with Crippen molar-refractivity contribution in [1.29, 1.82) is 5.26 Å². The number of benzene rings is 6. The van der Waals surface area contributed by atoms with E-state index in [2.05, 4.69) is 109 Å². The van der Waals surface area contributed by atoms with Crippen LogP contribution in [0.25, 0.3) is 54.6 Å². The molecule has 1 heteroatoms. The summed E-state index contributed by atoms with van der Waals surface area (Å²) in [6, 6.07) is 42.6. The third-order valence-corrected chi connectivity index (χ3v) is 6.28. The van der Waals surface area contributed by atoms with Crippen molar-refractivity contribution in [1.82, 2.24) is 0 Å². The second-order valence-electron chi connectivity index (χ2n) is 8.06. The van der Waals surface area contributed by atoms with Crippen LogP contribution in [0.1, 0.15) is 5.56 Å². The maximum Gasteiger partial charge on any atom is 0.0991 e. The lowest BCUT2D eigenvalue weighted by molar-refractivity contribution is 1.50. The van der Waals surface area contributed by atoms with Gasteiger partial charge in [0.1, 0.15) is 0 Å². The first-order chi connectivity index (χ1) is 15.8. The van der Waals surface area contributed by atoms with Crippen LogP contribution in [0.5, 0.6) is 0 Å². The predicted molar refractivity (Wildman–Crippen MR) is 135 cm³/mol. The molecular weight excluding hydrogens is 386 g/mol. The minimum Gasteiger partial charge on any atom is -0.192 e. The smallest absolute Gasteiger partial charge is 0.0991 e. The van der Waals surface area contributed by atoms with Gasteiger partial charge in [-0.1, -0.05) is 103 Å². The van der Waals surface area contributed by atoms with Crippen molar-refractivity contribution >= 4 is 32.3 Å². The van der Waals surface area contributed by atoms with Crippen molar-refractivity contribution < 1.29 is 0 Å². The Kier molecular flexibility index (Phi) is 4.23. The number of hydrogen-bond acceptors (Lipinski definition) is 1. The van der Waals surface area contributed by atoms with Gasteiger partial charge < -0.3 is 0 Å². The van der Waals surface area contributed by atoms with Crippen LogP contribution in [0, 0.1) is 11.3 Å². The van der Waals surface area contributed by atoms with E-state index in [0.29, 0.717) is 5.56 Å². The normalized spacial score (nSPS) is 11.1. The molecule has 6 aromatic carbocycles. The van der Waals surface area contributed by atoms with Crippen LogP contribution in [0.15, 0.2) is 115 Å². The minimum atomic E-state index is 0.683. The second-order valence-corrected chi connectivity index (χ2v) is 8.06. The van der Waals surface area contributed by atoms with E-state index in [1.807, 2.05) is 12.1 Å². The molecule has 0 unspecified atom stereocenters. The van der Waals surface area contributed by atoms with E-state index in [-0.39, 0.29) is 0 Å². The van der Waals surface area contributed by atoms with Gasteiger partial charge in [0.25, 0.3) is 0 Å². The molecular formula is C31H19N. The Morgan fingerprint density at radius 2 is 0.938 bits per heavy atom. The van der Waals surface area contributed by atoms with Gasteiger partial charge in [-0.25, -0.2) is 0 Å². The molecule has 6 rings (SSSR count). The number of rotatable bonds is 2. The highest BCUT2D eigenvalue weighted by Gasteiger charge is 2.17. The molecule has 0 heterocycles. The summed E-state index contributed by atoms with van der Waals surface area (Å²) in [4.78, 5) is 0. The highest BCUT2D eigenvalue weighted by atomic mass is 14.2. The first-order valence-electron chi connectivity index (χ1n) is 10.8. The zero-order valence-electron chi connectivity index (χ0n) is 17.4.